The van der Waals surface area contributed by atoms with Gasteiger partial charge in [-0.15, -0.1) is 17.9 Å². The van der Waals surface area contributed by atoms with E-state index in [2.05, 4.69) is 68.8 Å². The highest BCUT2D eigenvalue weighted by Crippen LogP contribution is 2.31. The first-order chi connectivity index (χ1) is 18.5. The maximum atomic E-state index is 13.4. The maximum Gasteiger partial charge on any atom is 0.320 e. The Kier molecular flexibility index (Phi) is 6.59. The lowest BCUT2D eigenvalue weighted by Gasteiger charge is -2.45. The lowest BCUT2D eigenvalue weighted by molar-refractivity contribution is 0.0570. The van der Waals surface area contributed by atoms with Gasteiger partial charge in [-0.25, -0.2) is 19.7 Å². The monoisotopic (exact) mass is 528 g/mol. The number of nitrogens with zero attached hydrogens (tertiary/aromatic N) is 6. The van der Waals surface area contributed by atoms with Crippen LogP contribution in [0.3, 0.4) is 0 Å². The Bertz CT molecular complexity index is 1520. The van der Waals surface area contributed by atoms with Gasteiger partial charge < -0.3 is 20.1 Å². The van der Waals surface area contributed by atoms with Crippen molar-refractivity contribution in [2.45, 2.75) is 32.4 Å². The normalized spacial score (nSPS) is 20.6. The number of rotatable bonds is 5. The second kappa shape index (κ2) is 10.2. The first kappa shape index (κ1) is 24.6. The minimum atomic E-state index is 0.129. The number of urea groups is 1. The molecule has 0 saturated carbocycles. The van der Waals surface area contributed by atoms with E-state index in [4.69, 9.17) is 0 Å². The van der Waals surface area contributed by atoms with Crippen molar-refractivity contribution in [3.8, 4) is 0 Å². The zero-order valence-electron chi connectivity index (χ0n) is 21.7. The molecule has 196 valence electrons. The summed E-state index contributed by atoms with van der Waals surface area (Å²) in [6.45, 7) is 12.0. The summed E-state index contributed by atoms with van der Waals surface area (Å²) in [6.07, 6.45) is 6.46. The zero-order chi connectivity index (χ0) is 26.2. The highest BCUT2D eigenvalue weighted by atomic mass is 32.1. The van der Waals surface area contributed by atoms with Gasteiger partial charge >= 0.3 is 6.03 Å². The van der Waals surface area contributed by atoms with E-state index in [1.54, 1.807) is 17.7 Å². The van der Waals surface area contributed by atoms with Crippen LogP contribution < -0.4 is 5.32 Å². The number of nitrogens with one attached hydrogen (secondary N) is 2. The van der Waals surface area contributed by atoms with Gasteiger partial charge in [0, 0.05) is 56.2 Å². The van der Waals surface area contributed by atoms with E-state index < -0.39 is 0 Å². The van der Waals surface area contributed by atoms with Crippen molar-refractivity contribution in [1.82, 2.24) is 34.6 Å². The zero-order valence-corrected chi connectivity index (χ0v) is 22.5. The second-order valence-corrected chi connectivity index (χ2v) is 11.0. The first-order valence-corrected chi connectivity index (χ1v) is 13.9. The topological polar surface area (TPSA) is 93.3 Å². The molecule has 2 aliphatic heterocycles. The van der Waals surface area contributed by atoms with Crippen LogP contribution in [-0.4, -0.2) is 85.5 Å². The van der Waals surface area contributed by atoms with Crippen LogP contribution in [0.15, 0.2) is 54.8 Å². The Morgan fingerprint density at radius 1 is 1.21 bits per heavy atom. The average molecular weight is 529 g/mol. The van der Waals surface area contributed by atoms with Crippen LogP contribution >= 0.6 is 11.3 Å². The lowest BCUT2D eigenvalue weighted by atomic mass is 10.0. The Hall–Kier alpha value is -3.76. The van der Waals surface area contributed by atoms with Gasteiger partial charge in [-0.3, -0.25) is 4.90 Å². The lowest BCUT2D eigenvalue weighted by Crippen LogP contribution is -2.60. The molecule has 0 aliphatic carbocycles. The molecule has 2 aliphatic rings. The van der Waals surface area contributed by atoms with Crippen LogP contribution in [-0.2, 0) is 0 Å². The van der Waals surface area contributed by atoms with Gasteiger partial charge in [-0.2, -0.15) is 0 Å². The molecule has 9 nitrogen and oxygen atoms in total. The van der Waals surface area contributed by atoms with E-state index in [0.717, 1.165) is 64.5 Å². The van der Waals surface area contributed by atoms with Gasteiger partial charge in [-0.1, -0.05) is 12.2 Å². The summed E-state index contributed by atoms with van der Waals surface area (Å²) < 4.78 is 1.13. The molecule has 0 radical (unpaired) electrons. The van der Waals surface area contributed by atoms with Gasteiger partial charge in [-0.05, 0) is 50.1 Å². The molecule has 4 aromatic rings. The van der Waals surface area contributed by atoms with Crippen molar-refractivity contribution in [1.29, 1.82) is 0 Å². The van der Waals surface area contributed by atoms with Crippen LogP contribution in [0.1, 0.15) is 26.0 Å². The number of aromatic amines is 1. The third kappa shape index (κ3) is 4.65. The fourth-order valence-corrected chi connectivity index (χ4v) is 6.15. The molecule has 2 N–H and O–H groups in total. The molecular formula is C28H32N8OS. The molecule has 38 heavy (non-hydrogen) atoms. The van der Waals surface area contributed by atoms with Gasteiger partial charge in [0.05, 0.1) is 21.1 Å². The summed E-state index contributed by atoms with van der Waals surface area (Å²) in [5.74, 6) is 0.758. The van der Waals surface area contributed by atoms with Crippen LogP contribution in [0, 0.1) is 0 Å². The molecule has 1 saturated heterocycles. The van der Waals surface area contributed by atoms with Gasteiger partial charge in [0.2, 0.25) is 0 Å². The molecule has 0 unspecified atom stereocenters. The van der Waals surface area contributed by atoms with Crippen LogP contribution in [0.5, 0.6) is 0 Å². The van der Waals surface area contributed by atoms with E-state index >= 15 is 0 Å². The third-order valence-corrected chi connectivity index (χ3v) is 8.36. The third-order valence-electron chi connectivity index (χ3n) is 7.57. The number of hydrogen-bond acceptors (Lipinski definition) is 7. The van der Waals surface area contributed by atoms with Crippen LogP contribution in [0.2, 0.25) is 0 Å². The standard InChI is InChI=1S/C28H32N8OS/c1-4-9-35-14-19(3)36(15-18(35)2)28(37)34-10-7-20(8-11-34)24-13-22-26(29-16-30-27(22)33-24)32-21-5-6-23-25(12-21)38-17-31-23/h4-7,12-13,16-19H,1,8-11,14-15H2,2-3H3,(H2,29,30,32,33)/t18-,19+/m1/s1. The number of carbonyl (C=O) groups is 1. The Morgan fingerprint density at radius 3 is 2.92 bits per heavy atom. The van der Waals surface area contributed by atoms with Crippen LogP contribution in [0.25, 0.3) is 26.8 Å². The number of H-pyrrole nitrogens is 1. The predicted octanol–water partition coefficient (Wildman–Crippen LogP) is 5.10. The number of benzene rings is 1. The Balaban J connectivity index is 1.16. The van der Waals surface area contributed by atoms with E-state index in [1.807, 2.05) is 33.5 Å². The van der Waals surface area contributed by atoms with E-state index in [0.29, 0.717) is 19.1 Å². The van der Waals surface area contributed by atoms with Crippen molar-refractivity contribution < 1.29 is 4.79 Å². The van der Waals surface area contributed by atoms with Gasteiger partial charge in [0.25, 0.3) is 0 Å². The minimum absolute atomic E-state index is 0.129. The molecule has 0 spiro atoms. The number of amides is 2. The van der Waals surface area contributed by atoms with E-state index in [1.165, 1.54) is 5.57 Å². The summed E-state index contributed by atoms with van der Waals surface area (Å²) in [5, 5.41) is 4.38. The Labute approximate surface area is 225 Å². The maximum absolute atomic E-state index is 13.4. The quantitative estimate of drug-likeness (QED) is 0.350. The molecule has 5 heterocycles. The number of hydrogen-bond donors (Lipinski definition) is 2. The summed E-state index contributed by atoms with van der Waals surface area (Å²) in [4.78, 5) is 36.5. The van der Waals surface area contributed by atoms with Crippen molar-refractivity contribution in [3.05, 3.63) is 60.5 Å². The SMILES string of the molecule is C=CCN1C[C@H](C)N(C(=O)N2CC=C(c3cc4c(Nc5ccc6ncsc6c5)ncnc4[nH]3)CC2)C[C@H]1C. The predicted molar refractivity (Wildman–Crippen MR) is 154 cm³/mol. The first-order valence-electron chi connectivity index (χ1n) is 13.0. The summed E-state index contributed by atoms with van der Waals surface area (Å²) in [7, 11) is 0. The van der Waals surface area contributed by atoms with E-state index in [9.17, 15) is 4.79 Å². The molecule has 10 heteroatoms. The molecule has 0 bridgehead atoms. The summed E-state index contributed by atoms with van der Waals surface area (Å²) in [6, 6.07) is 8.85. The molecule has 3 aromatic heterocycles. The van der Waals surface area contributed by atoms with Crippen molar-refractivity contribution in [2.75, 3.05) is 38.0 Å². The molecule has 1 aromatic carbocycles. The second-order valence-electron chi connectivity index (χ2n) is 10.1. The minimum Gasteiger partial charge on any atom is -0.340 e. The fourth-order valence-electron chi connectivity index (χ4n) is 5.44. The van der Waals surface area contributed by atoms with Crippen LogP contribution in [0.4, 0.5) is 16.3 Å². The van der Waals surface area contributed by atoms with Crippen molar-refractivity contribution in [3.63, 3.8) is 0 Å². The highest BCUT2D eigenvalue weighted by Gasteiger charge is 2.34. The highest BCUT2D eigenvalue weighted by molar-refractivity contribution is 7.16. The van der Waals surface area contributed by atoms with E-state index in [-0.39, 0.29) is 12.1 Å². The smallest absolute Gasteiger partial charge is 0.320 e. The number of fused-ring (bicyclic) bond motifs is 2. The largest absolute Gasteiger partial charge is 0.340 e. The molecule has 2 amide bonds. The number of anilines is 2. The average Bonchev–Trinajstić information content (AvgIpc) is 3.58. The number of carbonyl (C=O) groups excluding carboxylic acids is 1. The number of aromatic nitrogens is 4. The summed E-state index contributed by atoms with van der Waals surface area (Å²) in [5.41, 5.74) is 6.82. The van der Waals surface area contributed by atoms with Crippen molar-refractivity contribution >= 4 is 55.7 Å². The summed E-state index contributed by atoms with van der Waals surface area (Å²) >= 11 is 1.62. The molecule has 2 atom stereocenters. The fraction of sp³-hybridized carbons (Fsp3) is 0.357. The van der Waals surface area contributed by atoms with Gasteiger partial charge in [0.15, 0.2) is 0 Å². The molecular weight excluding hydrogens is 496 g/mol. The molecule has 6 rings (SSSR count). The van der Waals surface area contributed by atoms with Gasteiger partial charge in [0.1, 0.15) is 17.8 Å². The number of piperazine rings is 1. The molecule has 1 fully saturated rings. The number of thiazole rings is 1. The Morgan fingerprint density at radius 2 is 2.11 bits per heavy atom. The van der Waals surface area contributed by atoms with Crippen molar-refractivity contribution in [2.24, 2.45) is 0 Å².